The molecule has 13 rings (SSSR count). The molecule has 5 aromatic carbocycles. The van der Waals surface area contributed by atoms with E-state index in [1.807, 2.05) is 41.5 Å². The highest BCUT2D eigenvalue weighted by Crippen LogP contribution is 2.49. The highest BCUT2D eigenvalue weighted by molar-refractivity contribution is 6.17. The minimum absolute atomic E-state index is 0.0143. The van der Waals surface area contributed by atoms with Crippen LogP contribution in [0, 0.1) is 166 Å². The van der Waals surface area contributed by atoms with Gasteiger partial charge < -0.3 is 0 Å². The van der Waals surface area contributed by atoms with Gasteiger partial charge in [-0.05, 0) is 321 Å². The van der Waals surface area contributed by atoms with E-state index < -0.39 is 0 Å². The number of pyridine rings is 2. The third kappa shape index (κ3) is 12.8. The van der Waals surface area contributed by atoms with Crippen LogP contribution in [0.5, 0.6) is 0 Å². The summed E-state index contributed by atoms with van der Waals surface area (Å²) in [4.78, 5) is 47.7. The van der Waals surface area contributed by atoms with Crippen molar-refractivity contribution in [2.75, 3.05) is 0 Å². The predicted octanol–water partition coefficient (Wildman–Crippen LogP) is 22.0. The van der Waals surface area contributed by atoms with E-state index in [9.17, 15) is 0 Å². The molecule has 0 N–H and O–H groups in total. The number of benzene rings is 5. The molecule has 10 nitrogen and oxygen atoms in total. The van der Waals surface area contributed by atoms with E-state index in [0.29, 0.717) is 0 Å². The van der Waals surface area contributed by atoms with Crippen molar-refractivity contribution in [3.63, 3.8) is 0 Å². The molecule has 2 aliphatic carbocycles. The Labute approximate surface area is 599 Å². The average molecular weight is 1340 g/mol. The third-order valence-corrected chi connectivity index (χ3v) is 23.5. The zero-order chi connectivity index (χ0) is 74.5. The second kappa shape index (κ2) is 26.1. The predicted molar refractivity (Wildman–Crippen MR) is 424 cm³/mol. The Morgan fingerprint density at radius 3 is 0.960 bits per heavy atom. The molecule has 0 bridgehead atoms. The highest BCUT2D eigenvalue weighted by atomic mass is 15.0. The van der Waals surface area contributed by atoms with Gasteiger partial charge in [0.15, 0.2) is 5.65 Å². The van der Waals surface area contributed by atoms with Crippen LogP contribution in [0.3, 0.4) is 0 Å². The van der Waals surface area contributed by atoms with Crippen molar-refractivity contribution in [3.05, 3.63) is 202 Å². The summed E-state index contributed by atoms with van der Waals surface area (Å²) in [6.45, 7) is 79.4. The molecule has 0 radical (unpaired) electrons. The minimum Gasteiger partial charge on any atom is -0.249 e. The Bertz CT molecular complexity index is 5300. The first-order chi connectivity index (χ1) is 46.1. The van der Waals surface area contributed by atoms with Crippen molar-refractivity contribution in [3.8, 4) is 0 Å². The summed E-state index contributed by atoms with van der Waals surface area (Å²) < 4.78 is 0. The first-order valence-electron chi connectivity index (χ1n) is 36.6. The Hall–Kier alpha value is -7.98. The van der Waals surface area contributed by atoms with Gasteiger partial charge in [-0.3, -0.25) is 0 Å². The van der Waals surface area contributed by atoms with Gasteiger partial charge >= 0.3 is 0 Å². The van der Waals surface area contributed by atoms with Crippen LogP contribution >= 0.6 is 0 Å². The maximum Gasteiger partial charge on any atom is 0.163 e. The molecule has 0 spiro atoms. The SMILES string of the molecule is Cc1nc2c(C)nc(C(C)(C)C)nc2c(C)c1C.Cc1nc2c(c(C(C)(C)C)n1)Cc1c(C)c(C)c3c(C)c(C)c(C)c(C)c3c1C2.Cc1nc2c(c(C(C)(C)C)n1)Cc1c(c3c(C)c(C)c(C)c(C)c3c3c(C)c(C)c(C)c(C)c13)C2.Cc1nc2nc(C(C)(C)C)nc(C)c2c(C)c1C. The van der Waals surface area contributed by atoms with Crippen LogP contribution in [0.25, 0.3) is 54.4 Å². The standard InChI is InChI=1S/C33H40N2.C27H34N2.2C15H21N3/c1-15-17(3)21(7)30-28(19(15)5)24-13-26-27(34-23(9)35-32(26)33(10,11)12)14-25(24)29-20(6)16(2)18(4)22(8)31(29)30;1-13-14(2)17(5)25-21-12-23-22(26(27(8,9)10)29-19(7)28-23)11-20(21)15(3)18(6)24(25)16(13)4;1-8-9(2)12-13(16-10(8)3)11(4)17-14(18-12)15(5,6)7;1-8-9(2)12-11(4)17-14(15(5,6)7)18-13(12)16-10(8)3/h13-14H2,1-12H3;11-12H2,1-10H3;2*1-7H3. The van der Waals surface area contributed by atoms with Gasteiger partial charge in [-0.25, -0.2) is 49.8 Å². The molecule has 0 fully saturated rings. The third-order valence-electron chi connectivity index (χ3n) is 23.5. The number of aromatic nitrogens is 10. The van der Waals surface area contributed by atoms with Crippen molar-refractivity contribution in [1.82, 2.24) is 49.8 Å². The summed E-state index contributed by atoms with van der Waals surface area (Å²) in [5.41, 5.74) is 45.4. The molecular weight excluding hydrogens is 1220 g/mol. The van der Waals surface area contributed by atoms with E-state index in [4.69, 9.17) is 24.9 Å². The number of hydrogen-bond acceptors (Lipinski definition) is 10. The summed E-state index contributed by atoms with van der Waals surface area (Å²) in [6, 6.07) is 0. The fraction of sp³-hybridized carbons (Fsp3) is 0.489. The van der Waals surface area contributed by atoms with Crippen LogP contribution in [0.15, 0.2) is 0 Å². The summed E-state index contributed by atoms with van der Waals surface area (Å²) >= 11 is 0. The lowest BCUT2D eigenvalue weighted by Gasteiger charge is -2.31. The molecule has 11 aromatic rings. The van der Waals surface area contributed by atoms with Gasteiger partial charge in [0.1, 0.15) is 28.8 Å². The number of aryl methyl sites for hydroxylation is 15. The molecule has 6 heterocycles. The van der Waals surface area contributed by atoms with Gasteiger partial charge in [-0.1, -0.05) is 83.1 Å². The van der Waals surface area contributed by atoms with Crippen LogP contribution in [-0.4, -0.2) is 49.8 Å². The number of rotatable bonds is 0. The summed E-state index contributed by atoms with van der Waals surface area (Å²) in [7, 11) is 0. The molecule has 100 heavy (non-hydrogen) atoms. The minimum atomic E-state index is -0.0483. The summed E-state index contributed by atoms with van der Waals surface area (Å²) in [6.07, 6.45) is 3.67. The van der Waals surface area contributed by atoms with Gasteiger partial charge in [-0.2, -0.15) is 0 Å². The molecule has 0 saturated heterocycles. The first-order valence-corrected chi connectivity index (χ1v) is 36.6. The van der Waals surface area contributed by atoms with Crippen molar-refractivity contribution in [2.45, 2.75) is 297 Å². The molecule has 0 aliphatic heterocycles. The van der Waals surface area contributed by atoms with Gasteiger partial charge in [0.2, 0.25) is 0 Å². The van der Waals surface area contributed by atoms with Gasteiger partial charge in [0.25, 0.3) is 0 Å². The second-order valence-corrected chi connectivity index (χ2v) is 34.3. The molecule has 0 unspecified atom stereocenters. The van der Waals surface area contributed by atoms with Crippen molar-refractivity contribution in [1.29, 1.82) is 0 Å². The molecule has 0 saturated carbocycles. The van der Waals surface area contributed by atoms with E-state index in [2.05, 4.69) is 233 Å². The Balaban J connectivity index is 0.000000150. The molecule has 526 valence electrons. The largest absolute Gasteiger partial charge is 0.249 e. The zero-order valence-electron chi connectivity index (χ0n) is 68.3. The monoisotopic (exact) mass is 1340 g/mol. The number of fused-ring (bicyclic) bond motifs is 13. The van der Waals surface area contributed by atoms with Crippen LogP contribution in [0.2, 0.25) is 0 Å². The Morgan fingerprint density at radius 2 is 0.530 bits per heavy atom. The molecular formula is C90H116N10. The summed E-state index contributed by atoms with van der Waals surface area (Å²) in [5.74, 6) is 3.54. The fourth-order valence-corrected chi connectivity index (χ4v) is 16.1. The molecule has 10 heteroatoms. The maximum absolute atomic E-state index is 5.03. The van der Waals surface area contributed by atoms with Crippen LogP contribution < -0.4 is 0 Å². The zero-order valence-corrected chi connectivity index (χ0v) is 68.3. The fourth-order valence-electron chi connectivity index (χ4n) is 16.1. The molecule has 0 atom stereocenters. The Morgan fingerprint density at radius 1 is 0.200 bits per heavy atom. The first kappa shape index (κ1) is 74.7. The molecule has 6 aromatic heterocycles. The van der Waals surface area contributed by atoms with Gasteiger partial charge in [0, 0.05) is 75.2 Å². The van der Waals surface area contributed by atoms with E-state index in [0.717, 1.165) is 93.8 Å². The Kier molecular flexibility index (Phi) is 19.5. The normalized spacial score (nSPS) is 13.0. The van der Waals surface area contributed by atoms with Crippen LogP contribution in [0.4, 0.5) is 0 Å². The van der Waals surface area contributed by atoms with Crippen molar-refractivity contribution in [2.24, 2.45) is 0 Å². The van der Waals surface area contributed by atoms with Crippen LogP contribution in [0.1, 0.15) is 285 Å². The lowest BCUT2D eigenvalue weighted by Crippen LogP contribution is -2.24. The molecule has 0 amide bonds. The van der Waals surface area contributed by atoms with E-state index >= 15 is 0 Å². The number of hydrogen-bond donors (Lipinski definition) is 0. The summed E-state index contributed by atoms with van der Waals surface area (Å²) in [5, 5.41) is 9.93. The number of nitrogens with zero attached hydrogens (tertiary/aromatic N) is 10. The average Bonchev–Trinajstić information content (AvgIpc) is 0.704. The quantitative estimate of drug-likeness (QED) is 0.135. The second-order valence-electron chi connectivity index (χ2n) is 34.3. The lowest BCUT2D eigenvalue weighted by molar-refractivity contribution is 0.545. The van der Waals surface area contributed by atoms with Crippen molar-refractivity contribution >= 4 is 54.4 Å². The smallest absolute Gasteiger partial charge is 0.163 e. The van der Waals surface area contributed by atoms with Crippen LogP contribution in [-0.2, 0) is 47.3 Å². The lowest BCUT2D eigenvalue weighted by atomic mass is 9.74. The topological polar surface area (TPSA) is 129 Å². The maximum atomic E-state index is 5.03. The highest BCUT2D eigenvalue weighted by Gasteiger charge is 2.34. The van der Waals surface area contributed by atoms with Gasteiger partial charge in [0.05, 0.1) is 39.7 Å². The van der Waals surface area contributed by atoms with E-state index in [1.54, 1.807) is 0 Å². The van der Waals surface area contributed by atoms with E-state index in [-0.39, 0.29) is 21.7 Å². The molecule has 2 aliphatic rings. The van der Waals surface area contributed by atoms with Gasteiger partial charge in [-0.15, -0.1) is 0 Å². The van der Waals surface area contributed by atoms with E-state index in [1.165, 1.54) is 189 Å². The van der Waals surface area contributed by atoms with Crippen molar-refractivity contribution < 1.29 is 0 Å².